The van der Waals surface area contributed by atoms with Gasteiger partial charge in [0.25, 0.3) is 0 Å². The molecular weight excluding hydrogens is 244 g/mol. The first-order valence-electron chi connectivity index (χ1n) is 6.46. The smallest absolute Gasteiger partial charge is 0.131 e. The van der Waals surface area contributed by atoms with E-state index in [0.29, 0.717) is 23.2 Å². The summed E-state index contributed by atoms with van der Waals surface area (Å²) in [5, 5.41) is 3.15. The number of hydrogen-bond donors (Lipinski definition) is 1. The molecule has 0 aliphatic heterocycles. The summed E-state index contributed by atoms with van der Waals surface area (Å²) in [4.78, 5) is 0. The lowest BCUT2D eigenvalue weighted by Gasteiger charge is -2.08. The van der Waals surface area contributed by atoms with E-state index in [9.17, 15) is 8.78 Å². The zero-order valence-electron chi connectivity index (χ0n) is 10.9. The van der Waals surface area contributed by atoms with Crippen LogP contribution in [-0.4, -0.2) is 6.54 Å². The summed E-state index contributed by atoms with van der Waals surface area (Å²) in [6, 6.07) is 11.2. The third-order valence-corrected chi connectivity index (χ3v) is 2.98. The van der Waals surface area contributed by atoms with E-state index in [-0.39, 0.29) is 11.6 Å². The highest BCUT2D eigenvalue weighted by atomic mass is 19.1. The van der Waals surface area contributed by atoms with Gasteiger partial charge in [0.2, 0.25) is 0 Å². The van der Waals surface area contributed by atoms with Gasteiger partial charge in [0.05, 0.1) is 0 Å². The molecule has 19 heavy (non-hydrogen) atoms. The lowest BCUT2D eigenvalue weighted by Crippen LogP contribution is -2.14. The molecule has 0 bridgehead atoms. The van der Waals surface area contributed by atoms with Crippen LogP contribution in [0.5, 0.6) is 0 Å². The second-order valence-electron chi connectivity index (χ2n) is 4.46. The molecule has 2 aromatic carbocycles. The molecule has 0 fully saturated rings. The Morgan fingerprint density at radius 3 is 2.47 bits per heavy atom. The summed E-state index contributed by atoms with van der Waals surface area (Å²) in [5.74, 6) is -0.636. The van der Waals surface area contributed by atoms with Gasteiger partial charge in [-0.1, -0.05) is 37.3 Å². The van der Waals surface area contributed by atoms with Crippen LogP contribution in [0.4, 0.5) is 8.78 Å². The standard InChI is InChI=1S/C16H17F2N/c1-2-9-19-11-13-8-7-12(10-16(13)18)14-5-3-4-6-15(14)17/h3-8,10,19H,2,9,11H2,1H3. The fraction of sp³-hybridized carbons (Fsp3) is 0.250. The Balaban J connectivity index is 2.21. The molecule has 2 rings (SSSR count). The van der Waals surface area contributed by atoms with Gasteiger partial charge >= 0.3 is 0 Å². The second kappa shape index (κ2) is 6.43. The summed E-state index contributed by atoms with van der Waals surface area (Å²) in [5.41, 5.74) is 1.60. The minimum atomic E-state index is -0.334. The minimum Gasteiger partial charge on any atom is -0.313 e. The van der Waals surface area contributed by atoms with Crippen molar-refractivity contribution in [2.24, 2.45) is 0 Å². The quantitative estimate of drug-likeness (QED) is 0.798. The van der Waals surface area contributed by atoms with E-state index in [1.165, 1.54) is 12.1 Å². The number of benzene rings is 2. The molecule has 1 nitrogen and oxygen atoms in total. The zero-order chi connectivity index (χ0) is 13.7. The fourth-order valence-corrected chi connectivity index (χ4v) is 1.95. The van der Waals surface area contributed by atoms with Gasteiger partial charge in [-0.15, -0.1) is 0 Å². The van der Waals surface area contributed by atoms with Gasteiger partial charge in [-0.2, -0.15) is 0 Å². The topological polar surface area (TPSA) is 12.0 Å². The monoisotopic (exact) mass is 261 g/mol. The number of nitrogens with one attached hydrogen (secondary N) is 1. The SMILES string of the molecule is CCCNCc1ccc(-c2ccccc2F)cc1F. The van der Waals surface area contributed by atoms with Crippen molar-refractivity contribution in [3.8, 4) is 11.1 Å². The van der Waals surface area contributed by atoms with Crippen molar-refractivity contribution in [2.45, 2.75) is 19.9 Å². The molecule has 100 valence electrons. The Morgan fingerprint density at radius 2 is 1.79 bits per heavy atom. The van der Waals surface area contributed by atoms with Crippen molar-refractivity contribution in [3.05, 3.63) is 59.7 Å². The van der Waals surface area contributed by atoms with E-state index in [4.69, 9.17) is 0 Å². The van der Waals surface area contributed by atoms with Gasteiger partial charge in [0.15, 0.2) is 0 Å². The van der Waals surface area contributed by atoms with Crippen molar-refractivity contribution in [3.63, 3.8) is 0 Å². The average Bonchev–Trinajstić information content (AvgIpc) is 2.41. The summed E-state index contributed by atoms with van der Waals surface area (Å²) in [6.45, 7) is 3.41. The van der Waals surface area contributed by atoms with E-state index >= 15 is 0 Å². The Bertz CT molecular complexity index is 552. The molecule has 3 heteroatoms. The molecule has 0 saturated carbocycles. The van der Waals surface area contributed by atoms with Crippen LogP contribution in [0.1, 0.15) is 18.9 Å². The van der Waals surface area contributed by atoms with Gasteiger partial charge in [0, 0.05) is 17.7 Å². The molecule has 0 saturated heterocycles. The third kappa shape index (κ3) is 3.38. The van der Waals surface area contributed by atoms with Crippen LogP contribution in [0, 0.1) is 11.6 Å². The highest BCUT2D eigenvalue weighted by Gasteiger charge is 2.08. The second-order valence-corrected chi connectivity index (χ2v) is 4.46. The molecule has 2 aromatic rings. The van der Waals surface area contributed by atoms with Crippen LogP contribution < -0.4 is 5.32 Å². The van der Waals surface area contributed by atoms with Crippen LogP contribution >= 0.6 is 0 Å². The summed E-state index contributed by atoms with van der Waals surface area (Å²) in [7, 11) is 0. The van der Waals surface area contributed by atoms with Gasteiger partial charge in [0.1, 0.15) is 11.6 Å². The van der Waals surface area contributed by atoms with Crippen molar-refractivity contribution < 1.29 is 8.78 Å². The third-order valence-electron chi connectivity index (χ3n) is 2.98. The van der Waals surface area contributed by atoms with Crippen molar-refractivity contribution in [2.75, 3.05) is 6.54 Å². The zero-order valence-corrected chi connectivity index (χ0v) is 10.9. The van der Waals surface area contributed by atoms with E-state index in [2.05, 4.69) is 12.2 Å². The molecule has 0 heterocycles. The van der Waals surface area contributed by atoms with E-state index in [1.807, 2.05) is 0 Å². The van der Waals surface area contributed by atoms with E-state index < -0.39 is 0 Å². The van der Waals surface area contributed by atoms with Crippen LogP contribution in [0.15, 0.2) is 42.5 Å². The predicted molar refractivity (Wildman–Crippen MR) is 73.8 cm³/mol. The predicted octanol–water partition coefficient (Wildman–Crippen LogP) is 4.13. The lowest BCUT2D eigenvalue weighted by atomic mass is 10.0. The molecule has 0 radical (unpaired) electrons. The Morgan fingerprint density at radius 1 is 1.00 bits per heavy atom. The van der Waals surface area contributed by atoms with Crippen molar-refractivity contribution in [1.82, 2.24) is 5.32 Å². The molecule has 0 aliphatic rings. The number of rotatable bonds is 5. The molecule has 0 atom stereocenters. The van der Waals surface area contributed by atoms with Gasteiger partial charge in [-0.25, -0.2) is 8.78 Å². The lowest BCUT2D eigenvalue weighted by molar-refractivity contribution is 0.586. The van der Waals surface area contributed by atoms with Gasteiger partial charge in [-0.05, 0) is 30.7 Å². The highest BCUT2D eigenvalue weighted by Crippen LogP contribution is 2.24. The van der Waals surface area contributed by atoms with Gasteiger partial charge < -0.3 is 5.32 Å². The van der Waals surface area contributed by atoms with Crippen LogP contribution in [0.25, 0.3) is 11.1 Å². The Hall–Kier alpha value is -1.74. The van der Waals surface area contributed by atoms with Crippen molar-refractivity contribution in [1.29, 1.82) is 0 Å². The molecule has 0 aromatic heterocycles. The van der Waals surface area contributed by atoms with Gasteiger partial charge in [-0.3, -0.25) is 0 Å². The molecule has 1 N–H and O–H groups in total. The number of hydrogen-bond acceptors (Lipinski definition) is 1. The molecule has 0 aliphatic carbocycles. The summed E-state index contributed by atoms with van der Waals surface area (Å²) < 4.78 is 27.6. The highest BCUT2D eigenvalue weighted by molar-refractivity contribution is 5.64. The van der Waals surface area contributed by atoms with Crippen LogP contribution in [0.3, 0.4) is 0 Å². The van der Waals surface area contributed by atoms with E-state index in [0.717, 1.165) is 13.0 Å². The fourth-order valence-electron chi connectivity index (χ4n) is 1.95. The maximum Gasteiger partial charge on any atom is 0.131 e. The average molecular weight is 261 g/mol. The summed E-state index contributed by atoms with van der Waals surface area (Å²) >= 11 is 0. The van der Waals surface area contributed by atoms with Crippen LogP contribution in [0.2, 0.25) is 0 Å². The van der Waals surface area contributed by atoms with Crippen LogP contribution in [-0.2, 0) is 6.54 Å². The normalized spacial score (nSPS) is 10.7. The van der Waals surface area contributed by atoms with Crippen molar-refractivity contribution >= 4 is 0 Å². The maximum absolute atomic E-state index is 13.9. The first-order chi connectivity index (χ1) is 9.22. The summed E-state index contributed by atoms with van der Waals surface area (Å²) in [6.07, 6.45) is 1.01. The molecule has 0 amide bonds. The molecule has 0 spiro atoms. The van der Waals surface area contributed by atoms with E-state index in [1.54, 1.807) is 30.3 Å². The minimum absolute atomic E-state index is 0.302. The number of halogens is 2. The largest absolute Gasteiger partial charge is 0.313 e. The Labute approximate surface area is 112 Å². The first-order valence-corrected chi connectivity index (χ1v) is 6.46. The maximum atomic E-state index is 13.9. The Kier molecular flexibility index (Phi) is 4.63. The molecule has 0 unspecified atom stereocenters. The first kappa shape index (κ1) is 13.7. The molecular formula is C16H17F2N.